The summed E-state index contributed by atoms with van der Waals surface area (Å²) in [5, 5.41) is 20.7. The van der Waals surface area contributed by atoms with Gasteiger partial charge in [0.15, 0.2) is 0 Å². The van der Waals surface area contributed by atoms with Gasteiger partial charge in [-0.1, -0.05) is 30.3 Å². The molecule has 1 N–H and O–H groups in total. The summed E-state index contributed by atoms with van der Waals surface area (Å²) in [5.74, 6) is -0.463. The van der Waals surface area contributed by atoms with Gasteiger partial charge in [0.05, 0.1) is 35.9 Å². The Bertz CT molecular complexity index is 1320. The van der Waals surface area contributed by atoms with E-state index < -0.39 is 17.5 Å². The van der Waals surface area contributed by atoms with Crippen molar-refractivity contribution in [3.8, 4) is 17.2 Å². The minimum atomic E-state index is -1.30. The lowest BCUT2D eigenvalue weighted by molar-refractivity contribution is 0.0792. The number of aliphatic hydroxyl groups is 1. The van der Waals surface area contributed by atoms with Gasteiger partial charge in [0, 0.05) is 29.9 Å². The Labute approximate surface area is 179 Å². The molecule has 0 saturated carbocycles. The molecule has 2 aromatic carbocycles. The second kappa shape index (κ2) is 7.15. The zero-order valence-corrected chi connectivity index (χ0v) is 16.8. The number of hydrogen-bond acceptors (Lipinski definition) is 4. The number of pyridine rings is 1. The molecular weight excluding hydrogens is 391 g/mol. The van der Waals surface area contributed by atoms with E-state index in [0.717, 1.165) is 22.3 Å². The lowest BCUT2D eigenvalue weighted by Gasteiger charge is -2.23. The van der Waals surface area contributed by atoms with Crippen LogP contribution in [0.5, 0.6) is 0 Å². The Kier molecular flexibility index (Phi) is 4.42. The van der Waals surface area contributed by atoms with E-state index in [0.29, 0.717) is 11.3 Å². The number of nitrogens with zero attached hydrogens (tertiary/aromatic N) is 4. The number of nitriles is 1. The van der Waals surface area contributed by atoms with E-state index in [9.17, 15) is 9.50 Å². The van der Waals surface area contributed by atoms with Crippen molar-refractivity contribution in [1.82, 2.24) is 14.5 Å². The molecule has 0 saturated heterocycles. The van der Waals surface area contributed by atoms with Gasteiger partial charge in [-0.15, -0.1) is 0 Å². The maximum Gasteiger partial charge on any atom is 0.133 e. The van der Waals surface area contributed by atoms with Gasteiger partial charge in [0.25, 0.3) is 0 Å². The molecule has 2 aromatic heterocycles. The first-order valence-electron chi connectivity index (χ1n) is 9.97. The maximum absolute atomic E-state index is 14.7. The average molecular weight is 410 g/mol. The number of hydrogen-bond donors (Lipinski definition) is 1. The second-order valence-corrected chi connectivity index (χ2v) is 7.88. The van der Waals surface area contributed by atoms with Crippen LogP contribution < -0.4 is 0 Å². The van der Waals surface area contributed by atoms with Crippen LogP contribution in [0.4, 0.5) is 4.39 Å². The summed E-state index contributed by atoms with van der Waals surface area (Å²) in [5.41, 5.74) is 3.90. The van der Waals surface area contributed by atoms with E-state index in [1.54, 1.807) is 30.9 Å². The lowest BCUT2D eigenvalue weighted by atomic mass is 9.85. The molecule has 0 radical (unpaired) electrons. The Hall–Kier alpha value is -3.82. The van der Waals surface area contributed by atoms with E-state index in [1.165, 1.54) is 6.07 Å². The first-order valence-corrected chi connectivity index (χ1v) is 9.97. The number of fused-ring (bicyclic) bond motifs is 1. The normalized spacial score (nSPS) is 19.7. The third-order valence-corrected chi connectivity index (χ3v) is 6.12. The Morgan fingerprint density at radius 2 is 1.94 bits per heavy atom. The number of imidazole rings is 1. The van der Waals surface area contributed by atoms with Crippen LogP contribution in [0, 0.1) is 24.1 Å². The molecule has 3 heterocycles. The highest BCUT2D eigenvalue weighted by atomic mass is 19.1. The standard InChI is InChI=1S/C25H19FN4O/c1-16-8-9-28-13-21(16)18-3-5-19(6-4-18)25(31)11-23(30-15-29-14-24(25)30)20-7-2-17(12-27)10-22(20)26/h2-10,13-15,23,31H,11H2,1H3. The van der Waals surface area contributed by atoms with Crippen molar-refractivity contribution in [2.45, 2.75) is 25.0 Å². The number of halogens is 1. The maximum atomic E-state index is 14.7. The SMILES string of the molecule is Cc1ccncc1-c1ccc(C2(O)CC(c3ccc(C#N)cc3F)n3cncc32)cc1. The third-order valence-electron chi connectivity index (χ3n) is 6.12. The van der Waals surface area contributed by atoms with Gasteiger partial charge in [-0.2, -0.15) is 5.26 Å². The quantitative estimate of drug-likeness (QED) is 0.540. The molecule has 152 valence electrons. The molecule has 5 nitrogen and oxygen atoms in total. The Morgan fingerprint density at radius 3 is 2.65 bits per heavy atom. The summed E-state index contributed by atoms with van der Waals surface area (Å²) in [7, 11) is 0. The number of aromatic nitrogens is 3. The highest BCUT2D eigenvalue weighted by Gasteiger charge is 2.45. The summed E-state index contributed by atoms with van der Waals surface area (Å²) in [6.45, 7) is 2.03. The number of benzene rings is 2. The van der Waals surface area contributed by atoms with Crippen molar-refractivity contribution in [1.29, 1.82) is 5.26 Å². The summed E-state index contributed by atoms with van der Waals surface area (Å²) >= 11 is 0. The molecule has 6 heteroatoms. The molecule has 0 fully saturated rings. The van der Waals surface area contributed by atoms with Gasteiger partial charge in [0.2, 0.25) is 0 Å². The number of rotatable bonds is 3. The van der Waals surface area contributed by atoms with E-state index in [2.05, 4.69) is 9.97 Å². The Morgan fingerprint density at radius 1 is 1.13 bits per heavy atom. The molecule has 0 amide bonds. The van der Waals surface area contributed by atoms with Crippen LogP contribution in [0.15, 0.2) is 73.4 Å². The van der Waals surface area contributed by atoms with Gasteiger partial charge in [-0.05, 0) is 41.8 Å². The highest BCUT2D eigenvalue weighted by Crippen LogP contribution is 2.47. The van der Waals surface area contributed by atoms with Crippen molar-refractivity contribution < 1.29 is 9.50 Å². The minimum Gasteiger partial charge on any atom is -0.379 e. The fourth-order valence-corrected chi connectivity index (χ4v) is 4.44. The molecule has 0 spiro atoms. The molecule has 2 atom stereocenters. The first-order chi connectivity index (χ1) is 15.0. The lowest BCUT2D eigenvalue weighted by Crippen LogP contribution is -2.24. The van der Waals surface area contributed by atoms with E-state index in [1.807, 2.05) is 54.1 Å². The summed E-state index contributed by atoms with van der Waals surface area (Å²) in [4.78, 5) is 8.41. The molecule has 4 aromatic rings. The summed E-state index contributed by atoms with van der Waals surface area (Å²) in [6.07, 6.45) is 7.11. The fourth-order valence-electron chi connectivity index (χ4n) is 4.44. The molecular formula is C25H19FN4O. The Balaban J connectivity index is 1.54. The van der Waals surface area contributed by atoms with Crippen LogP contribution in [0.1, 0.15) is 40.4 Å². The van der Waals surface area contributed by atoms with Gasteiger partial charge in [-0.25, -0.2) is 9.37 Å². The molecule has 2 unspecified atom stereocenters. The van der Waals surface area contributed by atoms with Crippen LogP contribution in [0.2, 0.25) is 0 Å². The van der Waals surface area contributed by atoms with E-state index >= 15 is 0 Å². The predicted octanol–water partition coefficient (Wildman–Crippen LogP) is 4.49. The van der Waals surface area contributed by atoms with Gasteiger partial charge in [0.1, 0.15) is 11.4 Å². The monoisotopic (exact) mass is 410 g/mol. The van der Waals surface area contributed by atoms with Gasteiger partial charge in [-0.3, -0.25) is 4.98 Å². The van der Waals surface area contributed by atoms with Crippen molar-refractivity contribution in [2.24, 2.45) is 0 Å². The molecule has 0 aliphatic carbocycles. The van der Waals surface area contributed by atoms with E-state index in [-0.39, 0.29) is 12.0 Å². The first kappa shape index (κ1) is 19.2. The zero-order valence-electron chi connectivity index (χ0n) is 16.8. The van der Waals surface area contributed by atoms with Crippen molar-refractivity contribution in [3.05, 3.63) is 107 Å². The summed E-state index contributed by atoms with van der Waals surface area (Å²) in [6, 6.07) is 15.7. The largest absolute Gasteiger partial charge is 0.379 e. The summed E-state index contributed by atoms with van der Waals surface area (Å²) < 4.78 is 16.6. The van der Waals surface area contributed by atoms with Crippen LogP contribution >= 0.6 is 0 Å². The van der Waals surface area contributed by atoms with Crippen molar-refractivity contribution in [3.63, 3.8) is 0 Å². The van der Waals surface area contributed by atoms with Crippen molar-refractivity contribution in [2.75, 3.05) is 0 Å². The average Bonchev–Trinajstić information content (AvgIpc) is 3.38. The highest BCUT2D eigenvalue weighted by molar-refractivity contribution is 5.66. The second-order valence-electron chi connectivity index (χ2n) is 7.88. The smallest absolute Gasteiger partial charge is 0.133 e. The molecule has 0 bridgehead atoms. The molecule has 5 rings (SSSR count). The van der Waals surface area contributed by atoms with Crippen molar-refractivity contribution >= 4 is 0 Å². The topological polar surface area (TPSA) is 74.7 Å². The van der Waals surface area contributed by atoms with Crippen LogP contribution in [-0.4, -0.2) is 19.6 Å². The van der Waals surface area contributed by atoms with Crippen LogP contribution in [0.25, 0.3) is 11.1 Å². The minimum absolute atomic E-state index is 0.265. The van der Waals surface area contributed by atoms with Gasteiger partial charge >= 0.3 is 0 Å². The molecule has 1 aliphatic rings. The van der Waals surface area contributed by atoms with E-state index in [4.69, 9.17) is 5.26 Å². The number of aryl methyl sites for hydroxylation is 1. The predicted molar refractivity (Wildman–Crippen MR) is 114 cm³/mol. The van der Waals surface area contributed by atoms with Crippen LogP contribution in [-0.2, 0) is 5.60 Å². The fraction of sp³-hybridized carbons (Fsp3) is 0.160. The van der Waals surface area contributed by atoms with Crippen LogP contribution in [0.3, 0.4) is 0 Å². The zero-order chi connectivity index (χ0) is 21.6. The molecule has 1 aliphatic heterocycles. The third kappa shape index (κ3) is 3.02. The molecule has 31 heavy (non-hydrogen) atoms. The van der Waals surface area contributed by atoms with Gasteiger partial charge < -0.3 is 9.67 Å².